The van der Waals surface area contributed by atoms with Gasteiger partial charge in [0, 0.05) is 12.6 Å². The second-order valence-corrected chi connectivity index (χ2v) is 5.05. The van der Waals surface area contributed by atoms with Gasteiger partial charge in [0.1, 0.15) is 18.0 Å². The molecule has 0 aliphatic heterocycles. The highest BCUT2D eigenvalue weighted by atomic mass is 15.0. The summed E-state index contributed by atoms with van der Waals surface area (Å²) in [5.74, 6) is 1.35. The van der Waals surface area contributed by atoms with E-state index in [4.69, 9.17) is 5.73 Å². The molecule has 0 unspecified atom stereocenters. The molecule has 0 amide bonds. The normalized spacial score (nSPS) is 19.3. The van der Waals surface area contributed by atoms with E-state index in [0.29, 0.717) is 11.2 Å². The first-order chi connectivity index (χ1) is 7.68. The molecule has 1 aliphatic carbocycles. The SMILES string of the molecule is CC1(CNc2cc(N)ncn2)CCCCC1. The van der Waals surface area contributed by atoms with Gasteiger partial charge in [0.2, 0.25) is 0 Å². The first-order valence-corrected chi connectivity index (χ1v) is 5.99. The number of nitrogens with zero attached hydrogens (tertiary/aromatic N) is 2. The van der Waals surface area contributed by atoms with Crippen LogP contribution >= 0.6 is 0 Å². The van der Waals surface area contributed by atoms with Crippen LogP contribution in [0.5, 0.6) is 0 Å². The third-order valence-electron chi connectivity index (χ3n) is 3.45. The molecule has 0 spiro atoms. The van der Waals surface area contributed by atoms with Crippen molar-refractivity contribution in [3.8, 4) is 0 Å². The lowest BCUT2D eigenvalue weighted by atomic mass is 9.76. The summed E-state index contributed by atoms with van der Waals surface area (Å²) in [6.45, 7) is 3.33. The fourth-order valence-electron chi connectivity index (χ4n) is 2.36. The van der Waals surface area contributed by atoms with E-state index in [0.717, 1.165) is 12.4 Å². The van der Waals surface area contributed by atoms with Crippen molar-refractivity contribution in [3.63, 3.8) is 0 Å². The van der Waals surface area contributed by atoms with E-state index < -0.39 is 0 Å². The van der Waals surface area contributed by atoms with E-state index in [2.05, 4.69) is 22.2 Å². The second kappa shape index (κ2) is 4.68. The van der Waals surface area contributed by atoms with Gasteiger partial charge in [0.05, 0.1) is 0 Å². The summed E-state index contributed by atoms with van der Waals surface area (Å²) in [4.78, 5) is 8.03. The number of hydrogen-bond donors (Lipinski definition) is 2. The summed E-state index contributed by atoms with van der Waals surface area (Å²) < 4.78 is 0. The van der Waals surface area contributed by atoms with Gasteiger partial charge < -0.3 is 11.1 Å². The Morgan fingerprint density at radius 2 is 2.06 bits per heavy atom. The van der Waals surface area contributed by atoms with Crippen molar-refractivity contribution in [2.75, 3.05) is 17.6 Å². The standard InChI is InChI=1S/C12H20N4/c1-12(5-3-2-4-6-12)8-14-11-7-10(13)15-9-16-11/h7,9H,2-6,8H2,1H3,(H3,13,14,15,16). The van der Waals surface area contributed by atoms with Gasteiger partial charge >= 0.3 is 0 Å². The van der Waals surface area contributed by atoms with Gasteiger partial charge in [-0.3, -0.25) is 0 Å². The minimum absolute atomic E-state index is 0.415. The summed E-state index contributed by atoms with van der Waals surface area (Å²) in [5, 5.41) is 3.36. The molecule has 0 radical (unpaired) electrons. The minimum Gasteiger partial charge on any atom is -0.384 e. The quantitative estimate of drug-likeness (QED) is 0.821. The maximum Gasteiger partial charge on any atom is 0.131 e. The molecule has 0 atom stereocenters. The van der Waals surface area contributed by atoms with E-state index in [1.54, 1.807) is 6.07 Å². The number of nitrogen functional groups attached to an aromatic ring is 1. The maximum absolute atomic E-state index is 5.61. The Balaban J connectivity index is 1.91. The predicted molar refractivity (Wildman–Crippen MR) is 66.1 cm³/mol. The lowest BCUT2D eigenvalue weighted by molar-refractivity contribution is 0.233. The lowest BCUT2D eigenvalue weighted by Gasteiger charge is -2.33. The van der Waals surface area contributed by atoms with Crippen molar-refractivity contribution in [1.29, 1.82) is 0 Å². The molecule has 4 nitrogen and oxygen atoms in total. The van der Waals surface area contributed by atoms with Crippen LogP contribution in [-0.2, 0) is 0 Å². The van der Waals surface area contributed by atoms with Crippen LogP contribution in [0.3, 0.4) is 0 Å². The minimum atomic E-state index is 0.415. The highest BCUT2D eigenvalue weighted by Gasteiger charge is 2.26. The molecular formula is C12H20N4. The average Bonchev–Trinajstić information content (AvgIpc) is 2.28. The van der Waals surface area contributed by atoms with Gasteiger partial charge in [-0.2, -0.15) is 0 Å². The van der Waals surface area contributed by atoms with E-state index in [1.165, 1.54) is 38.4 Å². The summed E-state index contributed by atoms with van der Waals surface area (Å²) in [5.41, 5.74) is 6.02. The first kappa shape index (κ1) is 11.2. The van der Waals surface area contributed by atoms with Gasteiger partial charge in [-0.15, -0.1) is 0 Å². The highest BCUT2D eigenvalue weighted by molar-refractivity contribution is 5.43. The van der Waals surface area contributed by atoms with Gasteiger partial charge in [-0.1, -0.05) is 26.2 Å². The topological polar surface area (TPSA) is 63.8 Å². The van der Waals surface area contributed by atoms with Crippen LogP contribution in [0.25, 0.3) is 0 Å². The summed E-state index contributed by atoms with van der Waals surface area (Å²) in [6, 6.07) is 1.78. The van der Waals surface area contributed by atoms with Crippen LogP contribution in [0, 0.1) is 5.41 Å². The Hall–Kier alpha value is -1.32. The summed E-state index contributed by atoms with van der Waals surface area (Å²) >= 11 is 0. The first-order valence-electron chi connectivity index (χ1n) is 5.99. The molecule has 1 fully saturated rings. The number of aromatic nitrogens is 2. The van der Waals surface area contributed by atoms with Gasteiger partial charge in [0.15, 0.2) is 0 Å². The Bertz CT molecular complexity index is 345. The molecule has 3 N–H and O–H groups in total. The molecular weight excluding hydrogens is 200 g/mol. The molecule has 2 rings (SSSR count). The molecule has 1 aromatic rings. The zero-order valence-electron chi connectivity index (χ0n) is 9.87. The molecule has 0 bridgehead atoms. The molecule has 1 aromatic heterocycles. The molecule has 16 heavy (non-hydrogen) atoms. The molecule has 4 heteroatoms. The van der Waals surface area contributed by atoms with Crippen LogP contribution in [0.15, 0.2) is 12.4 Å². The number of nitrogens with one attached hydrogen (secondary N) is 1. The number of rotatable bonds is 3. The van der Waals surface area contributed by atoms with Crippen LogP contribution < -0.4 is 11.1 Å². The van der Waals surface area contributed by atoms with Crippen molar-refractivity contribution in [3.05, 3.63) is 12.4 Å². The molecule has 0 saturated heterocycles. The van der Waals surface area contributed by atoms with E-state index in [-0.39, 0.29) is 0 Å². The molecule has 88 valence electrons. The van der Waals surface area contributed by atoms with Crippen molar-refractivity contribution < 1.29 is 0 Å². The lowest BCUT2D eigenvalue weighted by Crippen LogP contribution is -2.29. The summed E-state index contributed by atoms with van der Waals surface area (Å²) in [7, 11) is 0. The van der Waals surface area contributed by atoms with Gasteiger partial charge in [-0.05, 0) is 18.3 Å². The van der Waals surface area contributed by atoms with E-state index in [9.17, 15) is 0 Å². The van der Waals surface area contributed by atoms with E-state index in [1.807, 2.05) is 0 Å². The Morgan fingerprint density at radius 3 is 2.75 bits per heavy atom. The van der Waals surface area contributed by atoms with Crippen molar-refractivity contribution in [2.45, 2.75) is 39.0 Å². The predicted octanol–water partition coefficient (Wildman–Crippen LogP) is 2.44. The second-order valence-electron chi connectivity index (χ2n) is 5.05. The molecule has 0 aromatic carbocycles. The third kappa shape index (κ3) is 2.84. The van der Waals surface area contributed by atoms with Crippen LogP contribution in [-0.4, -0.2) is 16.5 Å². The number of nitrogens with two attached hydrogens (primary N) is 1. The Kier molecular flexibility index (Phi) is 3.27. The zero-order valence-corrected chi connectivity index (χ0v) is 9.87. The van der Waals surface area contributed by atoms with Gasteiger partial charge in [0.25, 0.3) is 0 Å². The van der Waals surface area contributed by atoms with Gasteiger partial charge in [-0.25, -0.2) is 9.97 Å². The van der Waals surface area contributed by atoms with Crippen molar-refractivity contribution in [1.82, 2.24) is 9.97 Å². The number of anilines is 2. The molecule has 1 heterocycles. The molecule has 1 aliphatic rings. The van der Waals surface area contributed by atoms with Crippen molar-refractivity contribution in [2.24, 2.45) is 5.41 Å². The fraction of sp³-hybridized carbons (Fsp3) is 0.667. The highest BCUT2D eigenvalue weighted by Crippen LogP contribution is 2.35. The fourth-order valence-corrected chi connectivity index (χ4v) is 2.36. The summed E-state index contributed by atoms with van der Waals surface area (Å²) in [6.07, 6.45) is 8.20. The number of hydrogen-bond acceptors (Lipinski definition) is 4. The van der Waals surface area contributed by atoms with Crippen LogP contribution in [0.4, 0.5) is 11.6 Å². The van der Waals surface area contributed by atoms with Crippen molar-refractivity contribution >= 4 is 11.6 Å². The largest absolute Gasteiger partial charge is 0.384 e. The monoisotopic (exact) mass is 220 g/mol. The Morgan fingerprint density at radius 1 is 1.31 bits per heavy atom. The Labute approximate surface area is 96.7 Å². The molecule has 1 saturated carbocycles. The van der Waals surface area contributed by atoms with Crippen LogP contribution in [0.1, 0.15) is 39.0 Å². The van der Waals surface area contributed by atoms with Crippen LogP contribution in [0.2, 0.25) is 0 Å². The maximum atomic E-state index is 5.61. The smallest absolute Gasteiger partial charge is 0.131 e. The van der Waals surface area contributed by atoms with E-state index >= 15 is 0 Å². The third-order valence-corrected chi connectivity index (χ3v) is 3.45. The zero-order chi connectivity index (χ0) is 11.4. The average molecular weight is 220 g/mol.